The van der Waals surface area contributed by atoms with Gasteiger partial charge in [-0.1, -0.05) is 11.6 Å². The summed E-state index contributed by atoms with van der Waals surface area (Å²) in [6.07, 6.45) is 3.42. The van der Waals surface area contributed by atoms with E-state index in [1.165, 1.54) is 28.5 Å². The third-order valence-electron chi connectivity index (χ3n) is 6.56. The van der Waals surface area contributed by atoms with Crippen LogP contribution >= 0.6 is 22.9 Å². The Morgan fingerprint density at radius 3 is 2.59 bits per heavy atom. The van der Waals surface area contributed by atoms with Crippen LogP contribution in [0.2, 0.25) is 5.02 Å². The molecule has 3 atom stereocenters. The fraction of sp³-hybridized carbons (Fsp3) is 0.500. The molecule has 3 N–H and O–H groups in total. The molecule has 1 aliphatic heterocycles. The molecule has 37 heavy (non-hydrogen) atoms. The summed E-state index contributed by atoms with van der Waals surface area (Å²) in [4.78, 5) is 64.3. The second-order valence-corrected chi connectivity index (χ2v) is 11.1. The molecule has 0 radical (unpaired) electrons. The van der Waals surface area contributed by atoms with Crippen LogP contribution < -0.4 is 16.0 Å². The van der Waals surface area contributed by atoms with Gasteiger partial charge >= 0.3 is 11.8 Å². The monoisotopic (exact) mass is 547 g/mol. The Balaban J connectivity index is 1.45. The van der Waals surface area contributed by atoms with Gasteiger partial charge in [-0.3, -0.25) is 19.2 Å². The number of thiazole rings is 1. The van der Waals surface area contributed by atoms with Gasteiger partial charge in [-0.05, 0) is 38.4 Å². The Bertz CT molecular complexity index is 1190. The van der Waals surface area contributed by atoms with Crippen LogP contribution in [0.15, 0.2) is 18.3 Å². The average molecular weight is 548 g/mol. The van der Waals surface area contributed by atoms with Crippen molar-refractivity contribution in [2.45, 2.75) is 44.3 Å². The van der Waals surface area contributed by atoms with E-state index in [0.717, 1.165) is 30.1 Å². The van der Waals surface area contributed by atoms with E-state index >= 15 is 0 Å². The molecule has 0 saturated heterocycles. The molecule has 13 heteroatoms. The van der Waals surface area contributed by atoms with Gasteiger partial charge in [0, 0.05) is 56.6 Å². The predicted molar refractivity (Wildman–Crippen MR) is 139 cm³/mol. The normalized spacial score (nSPS) is 21.5. The van der Waals surface area contributed by atoms with E-state index in [4.69, 9.17) is 11.6 Å². The highest BCUT2D eigenvalue weighted by atomic mass is 35.5. The lowest BCUT2D eigenvalue weighted by molar-refractivity contribution is -0.137. The summed E-state index contributed by atoms with van der Waals surface area (Å²) in [6, 6.07) is 1.95. The fourth-order valence-electron chi connectivity index (χ4n) is 4.60. The quantitative estimate of drug-likeness (QED) is 0.480. The van der Waals surface area contributed by atoms with E-state index in [0.29, 0.717) is 29.3 Å². The van der Waals surface area contributed by atoms with Crippen molar-refractivity contribution in [3.05, 3.63) is 38.9 Å². The number of pyridine rings is 1. The lowest BCUT2D eigenvalue weighted by atomic mass is 9.81. The van der Waals surface area contributed by atoms with Gasteiger partial charge < -0.3 is 25.8 Å². The van der Waals surface area contributed by atoms with Gasteiger partial charge in [0.2, 0.25) is 5.91 Å². The summed E-state index contributed by atoms with van der Waals surface area (Å²) in [5.41, 5.74) is 0.940. The topological polar surface area (TPSA) is 137 Å². The molecular formula is C24H30ClN7O4S. The molecule has 1 saturated carbocycles. The van der Waals surface area contributed by atoms with Gasteiger partial charge in [-0.25, -0.2) is 9.97 Å². The Labute approximate surface area is 224 Å². The minimum atomic E-state index is -0.886. The number of carbonyl (C=O) groups is 4. The van der Waals surface area contributed by atoms with Crippen LogP contribution in [0.5, 0.6) is 0 Å². The highest BCUT2D eigenvalue weighted by Gasteiger charge is 2.37. The molecule has 4 amide bonds. The fourth-order valence-corrected chi connectivity index (χ4v) is 5.80. The first-order chi connectivity index (χ1) is 17.6. The Kier molecular flexibility index (Phi) is 8.40. The maximum atomic E-state index is 13.2. The summed E-state index contributed by atoms with van der Waals surface area (Å²) in [6.45, 7) is 1.63. The van der Waals surface area contributed by atoms with Crippen LogP contribution in [-0.4, -0.2) is 83.2 Å². The van der Waals surface area contributed by atoms with Crippen LogP contribution in [0.25, 0.3) is 0 Å². The number of anilines is 1. The van der Waals surface area contributed by atoms with Crippen molar-refractivity contribution in [1.82, 2.24) is 30.4 Å². The van der Waals surface area contributed by atoms with Crippen LogP contribution in [0, 0.1) is 5.92 Å². The minimum Gasteiger partial charge on any atom is -0.349 e. The Morgan fingerprint density at radius 2 is 1.89 bits per heavy atom. The summed E-state index contributed by atoms with van der Waals surface area (Å²) < 4.78 is 0. The lowest BCUT2D eigenvalue weighted by Crippen LogP contribution is -2.57. The van der Waals surface area contributed by atoms with Crippen molar-refractivity contribution >= 4 is 52.4 Å². The second kappa shape index (κ2) is 11.5. The first-order valence-electron chi connectivity index (χ1n) is 12.0. The third kappa shape index (κ3) is 6.62. The lowest BCUT2D eigenvalue weighted by Gasteiger charge is -2.37. The molecular weight excluding hydrogens is 518 g/mol. The van der Waals surface area contributed by atoms with Crippen molar-refractivity contribution in [1.29, 1.82) is 0 Å². The molecule has 1 unspecified atom stereocenters. The number of hydrogen-bond acceptors (Lipinski definition) is 8. The van der Waals surface area contributed by atoms with Gasteiger partial charge in [0.25, 0.3) is 5.91 Å². The predicted octanol–water partition coefficient (Wildman–Crippen LogP) is 1.29. The largest absolute Gasteiger partial charge is 0.349 e. The van der Waals surface area contributed by atoms with Gasteiger partial charge in [-0.2, -0.15) is 0 Å². The maximum absolute atomic E-state index is 13.2. The molecule has 11 nitrogen and oxygen atoms in total. The first kappa shape index (κ1) is 27.0. The summed E-state index contributed by atoms with van der Waals surface area (Å²) in [7, 11) is 5.41. The van der Waals surface area contributed by atoms with Crippen LogP contribution in [0.1, 0.15) is 39.6 Å². The average Bonchev–Trinajstić information content (AvgIpc) is 3.29. The van der Waals surface area contributed by atoms with Crippen molar-refractivity contribution in [2.24, 2.45) is 5.92 Å². The maximum Gasteiger partial charge on any atom is 0.314 e. The number of hydrogen-bond donors (Lipinski definition) is 3. The van der Waals surface area contributed by atoms with Gasteiger partial charge in [0.05, 0.1) is 16.8 Å². The molecule has 0 aromatic carbocycles. The molecule has 1 aliphatic carbocycles. The zero-order chi connectivity index (χ0) is 26.7. The van der Waals surface area contributed by atoms with Crippen molar-refractivity contribution in [2.75, 3.05) is 33.0 Å². The summed E-state index contributed by atoms with van der Waals surface area (Å²) in [5.74, 6) is -2.25. The zero-order valence-electron chi connectivity index (χ0n) is 20.9. The standard InChI is InChI=1S/C24H30ClN7O4S/c1-31(2)24(36)13-4-6-15(27-20(33)21(34)30-19-7-5-14(25)11-26-19)17(10-13)28-22(35)23-29-16-8-9-32(3)12-18(16)37-23/h5,7,11,13,15,17H,4,6,8-10,12H2,1-3H3,(H,27,33)(H,28,35)(H,26,30,34)/t13-,15-,17?/m0/s1. The van der Waals surface area contributed by atoms with Crippen LogP contribution in [0.3, 0.4) is 0 Å². The third-order valence-corrected chi connectivity index (χ3v) is 7.87. The summed E-state index contributed by atoms with van der Waals surface area (Å²) >= 11 is 7.17. The van der Waals surface area contributed by atoms with Crippen LogP contribution in [0.4, 0.5) is 5.82 Å². The Hall–Kier alpha value is -3.09. The van der Waals surface area contributed by atoms with Crippen LogP contribution in [-0.2, 0) is 27.3 Å². The number of halogens is 1. The second-order valence-electron chi connectivity index (χ2n) is 9.60. The van der Waals surface area contributed by atoms with E-state index in [-0.39, 0.29) is 23.6 Å². The van der Waals surface area contributed by atoms with Gasteiger partial charge in [0.15, 0.2) is 5.01 Å². The molecule has 1 fully saturated rings. The van der Waals surface area contributed by atoms with E-state index in [1.54, 1.807) is 20.2 Å². The van der Waals surface area contributed by atoms with E-state index in [9.17, 15) is 19.2 Å². The number of aromatic nitrogens is 2. The van der Waals surface area contributed by atoms with Gasteiger partial charge in [0.1, 0.15) is 5.82 Å². The molecule has 0 spiro atoms. The highest BCUT2D eigenvalue weighted by Crippen LogP contribution is 2.28. The zero-order valence-corrected chi connectivity index (χ0v) is 22.5. The number of nitrogens with zero attached hydrogens (tertiary/aromatic N) is 4. The summed E-state index contributed by atoms with van der Waals surface area (Å²) in [5, 5.41) is 8.91. The molecule has 2 aliphatic rings. The number of carbonyl (C=O) groups excluding carboxylic acids is 4. The van der Waals surface area contributed by atoms with E-state index in [2.05, 4.69) is 30.8 Å². The van der Waals surface area contributed by atoms with E-state index in [1.807, 2.05) is 7.05 Å². The van der Waals surface area contributed by atoms with Crippen molar-refractivity contribution in [3.63, 3.8) is 0 Å². The smallest absolute Gasteiger partial charge is 0.314 e. The van der Waals surface area contributed by atoms with Crippen molar-refractivity contribution < 1.29 is 19.2 Å². The molecule has 4 rings (SSSR count). The highest BCUT2D eigenvalue weighted by molar-refractivity contribution is 7.13. The number of nitrogens with one attached hydrogen (secondary N) is 3. The minimum absolute atomic E-state index is 0.0386. The number of rotatable bonds is 5. The molecule has 2 aromatic rings. The van der Waals surface area contributed by atoms with Crippen molar-refractivity contribution in [3.8, 4) is 0 Å². The Morgan fingerprint density at radius 1 is 1.11 bits per heavy atom. The molecule has 0 bridgehead atoms. The molecule has 198 valence electrons. The number of amides is 4. The molecule has 2 aromatic heterocycles. The SMILES string of the molecule is CN1CCc2nc(C(=O)NC3C[C@@H](C(=O)N(C)C)CC[C@@H]3NC(=O)C(=O)Nc3ccc(Cl)cn3)sc2C1. The van der Waals surface area contributed by atoms with E-state index < -0.39 is 23.9 Å². The number of likely N-dealkylation sites (N-methyl/N-ethyl adjacent to an activating group) is 1. The molecule has 3 heterocycles. The van der Waals surface area contributed by atoms with Gasteiger partial charge in [-0.15, -0.1) is 11.3 Å². The number of fused-ring (bicyclic) bond motifs is 1. The first-order valence-corrected chi connectivity index (χ1v) is 13.2.